The number of benzene rings is 1. The number of nitrogens with one attached hydrogen (secondary N) is 1. The Morgan fingerprint density at radius 1 is 1.45 bits per heavy atom. The lowest BCUT2D eigenvalue weighted by Crippen LogP contribution is -2.29. The summed E-state index contributed by atoms with van der Waals surface area (Å²) in [5.41, 5.74) is 0. The summed E-state index contributed by atoms with van der Waals surface area (Å²) in [4.78, 5) is 10.2. The molecule has 1 rings (SSSR count). The summed E-state index contributed by atoms with van der Waals surface area (Å²) in [6.07, 6.45) is 0. The number of rotatable bonds is 5. The summed E-state index contributed by atoms with van der Waals surface area (Å²) in [7, 11) is -4.43. The minimum Gasteiger partial charge on any atom is -0.479 e. The fourth-order valence-corrected chi connectivity index (χ4v) is 1.91. The van der Waals surface area contributed by atoms with Crippen LogP contribution >= 0.6 is 0 Å². The first-order valence-electron chi connectivity index (χ1n) is 5.04. The average molecular weight is 305 g/mol. The van der Waals surface area contributed by atoms with E-state index in [0.29, 0.717) is 12.1 Å². The van der Waals surface area contributed by atoms with Crippen molar-refractivity contribution in [2.75, 3.05) is 13.2 Å². The van der Waals surface area contributed by atoms with Crippen LogP contribution in [-0.2, 0) is 14.8 Å². The van der Waals surface area contributed by atoms with Gasteiger partial charge >= 0.3 is 0 Å². The lowest BCUT2D eigenvalue weighted by Gasteiger charge is -2.10. The third kappa shape index (κ3) is 4.15. The maximum Gasteiger partial charge on any atom is 0.258 e. The van der Waals surface area contributed by atoms with E-state index in [1.165, 1.54) is 0 Å². The second kappa shape index (κ2) is 6.27. The van der Waals surface area contributed by atoms with Crippen LogP contribution in [0.5, 0.6) is 5.75 Å². The van der Waals surface area contributed by atoms with Gasteiger partial charge in [0.15, 0.2) is 18.2 Å². The number of sulfonamides is 1. The van der Waals surface area contributed by atoms with Gasteiger partial charge in [-0.25, -0.2) is 22.3 Å². The molecule has 0 aromatic heterocycles. The number of nitrogens with two attached hydrogens (primary N) is 1. The molecule has 0 fully saturated rings. The molecule has 0 saturated heterocycles. The van der Waals surface area contributed by atoms with E-state index in [2.05, 4.69) is 10.1 Å². The third-order valence-electron chi connectivity index (χ3n) is 1.99. The van der Waals surface area contributed by atoms with Crippen molar-refractivity contribution in [3.05, 3.63) is 23.8 Å². The molecule has 1 aromatic rings. The molecule has 0 aliphatic heterocycles. The topological polar surface area (TPSA) is 122 Å². The number of nitrogens with zero attached hydrogens (tertiary/aromatic N) is 1. The van der Waals surface area contributed by atoms with E-state index in [4.69, 9.17) is 10.4 Å². The highest BCUT2D eigenvalue weighted by Gasteiger charge is 2.22. The molecule has 1 aromatic carbocycles. The zero-order valence-corrected chi connectivity index (χ0v) is 10.7. The predicted molar refractivity (Wildman–Crippen MR) is 61.8 cm³/mol. The van der Waals surface area contributed by atoms with E-state index < -0.39 is 44.8 Å². The summed E-state index contributed by atoms with van der Waals surface area (Å²) >= 11 is 0. The Morgan fingerprint density at radius 3 is 2.65 bits per heavy atom. The maximum atomic E-state index is 13.5. The standard InChI is InChI=1S/C10H9F2N3O4S/c11-6-3-7(12)10(8(4-6)20(14,17)18)19-5-9(16)15-2-1-13/h3-4H,2,5H2,(H,15,16)(H2,14,17,18). The Labute approximate surface area is 113 Å². The number of hydrogen-bond donors (Lipinski definition) is 2. The molecule has 10 heteroatoms. The Morgan fingerprint density at radius 2 is 2.10 bits per heavy atom. The molecule has 0 saturated carbocycles. The van der Waals surface area contributed by atoms with Gasteiger partial charge in [-0.2, -0.15) is 5.26 Å². The van der Waals surface area contributed by atoms with E-state index in [1.54, 1.807) is 6.07 Å². The summed E-state index contributed by atoms with van der Waals surface area (Å²) in [5.74, 6) is -4.12. The van der Waals surface area contributed by atoms with Gasteiger partial charge in [0, 0.05) is 6.07 Å². The molecule has 108 valence electrons. The monoisotopic (exact) mass is 305 g/mol. The first-order valence-corrected chi connectivity index (χ1v) is 6.58. The SMILES string of the molecule is N#CCNC(=O)COc1c(F)cc(F)cc1S(N)(=O)=O. The molecule has 20 heavy (non-hydrogen) atoms. The molecule has 0 bridgehead atoms. The molecule has 0 aliphatic carbocycles. The highest BCUT2D eigenvalue weighted by Crippen LogP contribution is 2.27. The Bertz CT molecular complexity index is 670. The van der Waals surface area contributed by atoms with Gasteiger partial charge in [-0.05, 0) is 6.07 Å². The van der Waals surface area contributed by atoms with E-state index in [-0.39, 0.29) is 6.54 Å². The van der Waals surface area contributed by atoms with Gasteiger partial charge < -0.3 is 10.1 Å². The molecule has 7 nitrogen and oxygen atoms in total. The van der Waals surface area contributed by atoms with E-state index in [0.717, 1.165) is 0 Å². The number of nitriles is 1. The molecule has 0 atom stereocenters. The van der Waals surface area contributed by atoms with Crippen LogP contribution in [-0.4, -0.2) is 27.5 Å². The van der Waals surface area contributed by atoms with Gasteiger partial charge in [0.1, 0.15) is 17.3 Å². The Hall–Kier alpha value is -2.25. The van der Waals surface area contributed by atoms with E-state index in [9.17, 15) is 22.0 Å². The zero-order chi connectivity index (χ0) is 15.3. The van der Waals surface area contributed by atoms with Crippen molar-refractivity contribution in [1.82, 2.24) is 5.32 Å². The minimum absolute atomic E-state index is 0.295. The number of carbonyl (C=O) groups is 1. The number of halogens is 2. The van der Waals surface area contributed by atoms with Crippen molar-refractivity contribution < 1.29 is 26.7 Å². The summed E-state index contributed by atoms with van der Waals surface area (Å²) in [6.45, 7) is -1.05. The third-order valence-corrected chi connectivity index (χ3v) is 2.91. The van der Waals surface area contributed by atoms with Crippen molar-refractivity contribution in [1.29, 1.82) is 5.26 Å². The quantitative estimate of drug-likeness (QED) is 0.719. The molecular formula is C10H9F2N3O4S. The lowest BCUT2D eigenvalue weighted by molar-refractivity contribution is -0.122. The molecule has 0 heterocycles. The van der Waals surface area contributed by atoms with Gasteiger partial charge in [0.05, 0.1) is 6.07 Å². The fourth-order valence-electron chi connectivity index (χ4n) is 1.22. The minimum atomic E-state index is -4.43. The van der Waals surface area contributed by atoms with Crippen LogP contribution in [0.25, 0.3) is 0 Å². The summed E-state index contributed by atoms with van der Waals surface area (Å²) < 4.78 is 53.5. The van der Waals surface area contributed by atoms with Crippen molar-refractivity contribution in [2.24, 2.45) is 5.14 Å². The maximum absolute atomic E-state index is 13.5. The van der Waals surface area contributed by atoms with Crippen molar-refractivity contribution in [3.8, 4) is 11.8 Å². The van der Waals surface area contributed by atoms with Gasteiger partial charge in [0.2, 0.25) is 10.0 Å². The molecule has 0 unspecified atom stereocenters. The van der Waals surface area contributed by atoms with Crippen molar-refractivity contribution in [2.45, 2.75) is 4.90 Å². The van der Waals surface area contributed by atoms with Crippen LogP contribution < -0.4 is 15.2 Å². The highest BCUT2D eigenvalue weighted by atomic mass is 32.2. The second-order valence-electron chi connectivity index (χ2n) is 3.48. The van der Waals surface area contributed by atoms with Gasteiger partial charge in [-0.15, -0.1) is 0 Å². The first kappa shape index (κ1) is 15.8. The van der Waals surface area contributed by atoms with Crippen LogP contribution in [0, 0.1) is 23.0 Å². The van der Waals surface area contributed by atoms with E-state index >= 15 is 0 Å². The Kier molecular flexibility index (Phi) is 4.95. The van der Waals surface area contributed by atoms with Crippen molar-refractivity contribution >= 4 is 15.9 Å². The molecule has 0 radical (unpaired) electrons. The van der Waals surface area contributed by atoms with E-state index in [1.807, 2.05) is 0 Å². The first-order chi connectivity index (χ1) is 9.25. The summed E-state index contributed by atoms with van der Waals surface area (Å²) in [5, 5.41) is 15.1. The fraction of sp³-hybridized carbons (Fsp3) is 0.200. The number of amides is 1. The number of primary sulfonamides is 1. The van der Waals surface area contributed by atoms with Gasteiger partial charge in [0.25, 0.3) is 5.91 Å². The second-order valence-corrected chi connectivity index (χ2v) is 5.01. The largest absolute Gasteiger partial charge is 0.479 e. The molecule has 0 spiro atoms. The molecular weight excluding hydrogens is 296 g/mol. The summed E-state index contributed by atoms with van der Waals surface area (Å²) in [6, 6.07) is 2.48. The smallest absolute Gasteiger partial charge is 0.258 e. The normalized spacial score (nSPS) is 10.7. The van der Waals surface area contributed by atoms with Crippen LogP contribution in [0.4, 0.5) is 8.78 Å². The number of carbonyl (C=O) groups excluding carboxylic acids is 1. The molecule has 0 aliphatic rings. The average Bonchev–Trinajstić information content (AvgIpc) is 2.33. The van der Waals surface area contributed by atoms with Crippen LogP contribution in [0.15, 0.2) is 17.0 Å². The van der Waals surface area contributed by atoms with Crippen molar-refractivity contribution in [3.63, 3.8) is 0 Å². The Balaban J connectivity index is 3.01. The lowest BCUT2D eigenvalue weighted by atomic mass is 10.3. The zero-order valence-electron chi connectivity index (χ0n) is 9.89. The van der Waals surface area contributed by atoms with Gasteiger partial charge in [-0.3, -0.25) is 4.79 Å². The highest BCUT2D eigenvalue weighted by molar-refractivity contribution is 7.89. The molecule has 3 N–H and O–H groups in total. The number of hydrogen-bond acceptors (Lipinski definition) is 5. The predicted octanol–water partition coefficient (Wildman–Crippen LogP) is -0.369. The van der Waals surface area contributed by atoms with Crippen LogP contribution in [0.2, 0.25) is 0 Å². The van der Waals surface area contributed by atoms with Gasteiger partial charge in [-0.1, -0.05) is 0 Å². The number of ether oxygens (including phenoxy) is 1. The molecule has 1 amide bonds. The van der Waals surface area contributed by atoms with Crippen LogP contribution in [0.1, 0.15) is 0 Å². The van der Waals surface area contributed by atoms with Crippen LogP contribution in [0.3, 0.4) is 0 Å².